The molecule has 0 heterocycles. The summed E-state index contributed by atoms with van der Waals surface area (Å²) in [6.07, 6.45) is 0. The molecular weight excluding hydrogens is 270 g/mol. The van der Waals surface area contributed by atoms with Gasteiger partial charge in [0.05, 0.1) is 19.6 Å². The summed E-state index contributed by atoms with van der Waals surface area (Å²) in [6.45, 7) is 3.40. The zero-order valence-corrected chi connectivity index (χ0v) is 12.3. The highest BCUT2D eigenvalue weighted by Gasteiger charge is 2.36. The number of phenols is 1. The minimum Gasteiger partial charge on any atom is -0.504 e. The van der Waals surface area contributed by atoms with E-state index >= 15 is 0 Å². The van der Waals surface area contributed by atoms with Crippen LogP contribution in [0.2, 0.25) is 0 Å². The Morgan fingerprint density at radius 2 is 1.95 bits per heavy atom. The Morgan fingerprint density at radius 1 is 1.37 bits per heavy atom. The van der Waals surface area contributed by atoms with Crippen LogP contribution >= 0.6 is 12.4 Å². The van der Waals surface area contributed by atoms with Crippen LogP contribution < -0.4 is 10.5 Å². The molecule has 0 radical (unpaired) electrons. The van der Waals surface area contributed by atoms with Crippen molar-refractivity contribution in [3.8, 4) is 11.5 Å². The first-order valence-electron chi connectivity index (χ1n) is 5.55. The molecule has 108 valence electrons. The lowest BCUT2D eigenvalue weighted by Crippen LogP contribution is -2.37. The smallest absolute Gasteiger partial charge is 0.313 e. The van der Waals surface area contributed by atoms with Gasteiger partial charge in [-0.05, 0) is 31.5 Å². The quantitative estimate of drug-likeness (QED) is 0.829. The highest BCUT2D eigenvalue weighted by Crippen LogP contribution is 2.36. The maximum atomic E-state index is 11.7. The van der Waals surface area contributed by atoms with E-state index in [1.54, 1.807) is 26.0 Å². The van der Waals surface area contributed by atoms with Gasteiger partial charge < -0.3 is 20.3 Å². The molecule has 1 rings (SSSR count). The van der Waals surface area contributed by atoms with Crippen LogP contribution in [0, 0.1) is 5.41 Å². The van der Waals surface area contributed by atoms with E-state index < -0.39 is 17.4 Å². The van der Waals surface area contributed by atoms with E-state index in [0.29, 0.717) is 11.3 Å². The largest absolute Gasteiger partial charge is 0.504 e. The molecule has 0 unspecified atom stereocenters. The molecule has 0 spiro atoms. The number of ether oxygens (including phenoxy) is 2. The van der Waals surface area contributed by atoms with Crippen LogP contribution in [0.4, 0.5) is 0 Å². The van der Waals surface area contributed by atoms with E-state index in [9.17, 15) is 9.90 Å². The summed E-state index contributed by atoms with van der Waals surface area (Å²) in [4.78, 5) is 11.7. The van der Waals surface area contributed by atoms with Crippen LogP contribution in [-0.4, -0.2) is 25.3 Å². The Morgan fingerprint density at radius 3 is 2.37 bits per heavy atom. The highest BCUT2D eigenvalue weighted by atomic mass is 35.5. The molecule has 0 aliphatic carbocycles. The fourth-order valence-electron chi connectivity index (χ4n) is 1.71. The minimum absolute atomic E-state index is 0. The summed E-state index contributed by atoms with van der Waals surface area (Å²) in [7, 11) is 2.79. The van der Waals surface area contributed by atoms with Crippen molar-refractivity contribution in [1.82, 2.24) is 0 Å². The topological polar surface area (TPSA) is 81.8 Å². The number of benzene rings is 1. The van der Waals surface area contributed by atoms with Crippen molar-refractivity contribution < 1.29 is 19.4 Å². The van der Waals surface area contributed by atoms with Crippen LogP contribution in [-0.2, 0) is 9.53 Å². The maximum Gasteiger partial charge on any atom is 0.313 e. The van der Waals surface area contributed by atoms with E-state index in [1.165, 1.54) is 20.3 Å². The lowest BCUT2D eigenvalue weighted by Gasteiger charge is -2.29. The molecule has 0 aliphatic heterocycles. The Kier molecular flexibility index (Phi) is 6.12. The Balaban J connectivity index is 0.00000324. The first-order chi connectivity index (χ1) is 8.34. The number of halogens is 1. The van der Waals surface area contributed by atoms with Crippen molar-refractivity contribution in [2.45, 2.75) is 19.9 Å². The second-order valence-electron chi connectivity index (χ2n) is 4.62. The van der Waals surface area contributed by atoms with Gasteiger partial charge in [-0.1, -0.05) is 6.07 Å². The summed E-state index contributed by atoms with van der Waals surface area (Å²) in [5.41, 5.74) is 5.82. The van der Waals surface area contributed by atoms with Gasteiger partial charge in [-0.25, -0.2) is 0 Å². The summed E-state index contributed by atoms with van der Waals surface area (Å²) < 4.78 is 9.68. The van der Waals surface area contributed by atoms with Gasteiger partial charge in [0.25, 0.3) is 0 Å². The third-order valence-electron chi connectivity index (χ3n) is 3.05. The second kappa shape index (κ2) is 6.63. The van der Waals surface area contributed by atoms with Gasteiger partial charge in [0, 0.05) is 6.04 Å². The normalized spacial score (nSPS) is 12.3. The van der Waals surface area contributed by atoms with E-state index in [2.05, 4.69) is 0 Å². The molecule has 0 amide bonds. The number of hydrogen-bond acceptors (Lipinski definition) is 5. The predicted molar refractivity (Wildman–Crippen MR) is 74.6 cm³/mol. The number of phenolic OH excluding ortho intramolecular Hbond substituents is 1. The number of aromatic hydroxyl groups is 1. The summed E-state index contributed by atoms with van der Waals surface area (Å²) in [5, 5.41) is 9.71. The predicted octanol–water partition coefficient (Wildman–Crippen LogP) is 2.02. The molecule has 0 saturated heterocycles. The molecular formula is C13H20ClNO4. The second-order valence-corrected chi connectivity index (χ2v) is 4.62. The lowest BCUT2D eigenvalue weighted by atomic mass is 9.81. The van der Waals surface area contributed by atoms with Crippen molar-refractivity contribution in [3.05, 3.63) is 23.8 Å². The Hall–Kier alpha value is -1.46. The third-order valence-corrected chi connectivity index (χ3v) is 3.05. The lowest BCUT2D eigenvalue weighted by molar-refractivity contribution is -0.152. The van der Waals surface area contributed by atoms with Crippen LogP contribution in [0.1, 0.15) is 25.5 Å². The molecule has 0 fully saturated rings. The molecule has 0 aliphatic rings. The first kappa shape index (κ1) is 17.5. The molecule has 19 heavy (non-hydrogen) atoms. The van der Waals surface area contributed by atoms with Gasteiger partial charge >= 0.3 is 5.97 Å². The van der Waals surface area contributed by atoms with E-state index in [0.717, 1.165) is 0 Å². The van der Waals surface area contributed by atoms with Crippen LogP contribution in [0.3, 0.4) is 0 Å². The molecule has 1 atom stereocenters. The molecule has 6 heteroatoms. The van der Waals surface area contributed by atoms with E-state index in [4.69, 9.17) is 15.2 Å². The molecule has 3 N–H and O–H groups in total. The van der Waals surface area contributed by atoms with Gasteiger partial charge in [0.15, 0.2) is 11.5 Å². The number of rotatable bonds is 4. The monoisotopic (exact) mass is 289 g/mol. The molecule has 5 nitrogen and oxygen atoms in total. The van der Waals surface area contributed by atoms with Crippen molar-refractivity contribution >= 4 is 18.4 Å². The average Bonchev–Trinajstić information content (AvgIpc) is 2.36. The third kappa shape index (κ3) is 3.52. The van der Waals surface area contributed by atoms with Crippen molar-refractivity contribution in [2.75, 3.05) is 14.2 Å². The fraction of sp³-hybridized carbons (Fsp3) is 0.462. The number of carbonyl (C=O) groups excluding carboxylic acids is 1. The van der Waals surface area contributed by atoms with Crippen molar-refractivity contribution in [1.29, 1.82) is 0 Å². The highest BCUT2D eigenvalue weighted by molar-refractivity contribution is 5.85. The van der Waals surface area contributed by atoms with E-state index in [1.807, 2.05) is 0 Å². The fourth-order valence-corrected chi connectivity index (χ4v) is 1.71. The number of nitrogens with two attached hydrogens (primary N) is 1. The van der Waals surface area contributed by atoms with Gasteiger partial charge in [-0.15, -0.1) is 12.4 Å². The summed E-state index contributed by atoms with van der Waals surface area (Å²) in [5.74, 6) is -0.0433. The average molecular weight is 290 g/mol. The van der Waals surface area contributed by atoms with Crippen molar-refractivity contribution in [2.24, 2.45) is 11.1 Å². The van der Waals surface area contributed by atoms with Gasteiger partial charge in [-0.2, -0.15) is 0 Å². The Bertz CT molecular complexity index is 448. The number of esters is 1. The van der Waals surface area contributed by atoms with Gasteiger partial charge in [-0.3, -0.25) is 4.79 Å². The molecule has 0 bridgehead atoms. The summed E-state index contributed by atoms with van der Waals surface area (Å²) in [6, 6.07) is 4.24. The molecule has 1 aromatic rings. The number of carbonyl (C=O) groups is 1. The maximum absolute atomic E-state index is 11.7. The van der Waals surface area contributed by atoms with Crippen molar-refractivity contribution in [3.63, 3.8) is 0 Å². The van der Waals surface area contributed by atoms with Gasteiger partial charge in [0.1, 0.15) is 0 Å². The summed E-state index contributed by atoms with van der Waals surface area (Å²) >= 11 is 0. The first-order valence-corrected chi connectivity index (χ1v) is 5.55. The molecule has 0 aromatic heterocycles. The van der Waals surface area contributed by atoms with Gasteiger partial charge in [0.2, 0.25) is 0 Å². The molecule has 0 saturated carbocycles. The zero-order valence-electron chi connectivity index (χ0n) is 11.5. The number of methoxy groups -OCH3 is 2. The zero-order chi connectivity index (χ0) is 13.9. The minimum atomic E-state index is -0.879. The van der Waals surface area contributed by atoms with E-state index in [-0.39, 0.29) is 18.2 Å². The van der Waals surface area contributed by atoms with Crippen LogP contribution in [0.5, 0.6) is 11.5 Å². The van der Waals surface area contributed by atoms with Crippen LogP contribution in [0.25, 0.3) is 0 Å². The Labute approximate surface area is 119 Å². The number of hydrogen-bond donors (Lipinski definition) is 2. The van der Waals surface area contributed by atoms with Crippen LogP contribution in [0.15, 0.2) is 18.2 Å². The standard InChI is InChI=1S/C13H19NO4.ClH/c1-13(2,12(16)18-4)11(14)8-5-6-10(17-3)9(15)7-8;/h5-7,11,15H,14H2,1-4H3;1H/t11-;/m0./s1. The molecule has 1 aromatic carbocycles. The SMILES string of the molecule is COC(=O)C(C)(C)[C@@H](N)c1ccc(OC)c(O)c1.Cl.